The number of hydrogen-bond acceptors (Lipinski definition) is 1. The van der Waals surface area contributed by atoms with Gasteiger partial charge < -0.3 is 0 Å². The Labute approximate surface area is 151 Å². The van der Waals surface area contributed by atoms with Gasteiger partial charge in [-0.15, -0.1) is 0 Å². The normalized spacial score (nSPS) is 15.2. The molecule has 143 valence electrons. The van der Waals surface area contributed by atoms with E-state index in [1.165, 1.54) is 44.9 Å². The third kappa shape index (κ3) is 8.53. The fourth-order valence-electron chi connectivity index (χ4n) is 4.07. The molecule has 24 heavy (non-hydrogen) atoms. The van der Waals surface area contributed by atoms with Crippen molar-refractivity contribution in [1.82, 2.24) is 0 Å². The zero-order chi connectivity index (χ0) is 18.3. The topological polar surface area (TPSA) is 37.0 Å². The van der Waals surface area contributed by atoms with Crippen LogP contribution in [0.15, 0.2) is 0 Å². The number of carbonyl (C=O) groups excluding carboxylic acids is 1. The average Bonchev–Trinajstić information content (AvgIpc) is 2.58. The molecule has 0 spiro atoms. The summed E-state index contributed by atoms with van der Waals surface area (Å²) in [6, 6.07) is 0. The summed E-state index contributed by atoms with van der Waals surface area (Å²) >= 11 is 0. The maximum absolute atomic E-state index is 12.1. The molecule has 0 amide bonds. The quantitative estimate of drug-likeness (QED) is 0.253. The van der Waals surface area contributed by atoms with Crippen LogP contribution in [0.25, 0.3) is 0 Å². The van der Waals surface area contributed by atoms with Crippen LogP contribution in [0.2, 0.25) is 0 Å². The van der Waals surface area contributed by atoms with E-state index < -0.39 is 11.4 Å². The van der Waals surface area contributed by atoms with Gasteiger partial charge >= 0.3 is 5.97 Å². The molecule has 0 heterocycles. The van der Waals surface area contributed by atoms with Gasteiger partial charge in [0.15, 0.2) is 0 Å². The molecule has 0 aromatic carbocycles. The SMILES string of the molecule is CCCCCCCCCC(CCCC)C(CC)(CCCC)C([O])=O. The summed E-state index contributed by atoms with van der Waals surface area (Å²) in [5.74, 6) is -0.489. The Morgan fingerprint density at radius 2 is 1.21 bits per heavy atom. The molecule has 0 aromatic heterocycles. The van der Waals surface area contributed by atoms with Crippen molar-refractivity contribution in [1.29, 1.82) is 0 Å². The van der Waals surface area contributed by atoms with Crippen LogP contribution in [0.3, 0.4) is 0 Å². The van der Waals surface area contributed by atoms with Crippen LogP contribution < -0.4 is 0 Å². The summed E-state index contributed by atoms with van der Waals surface area (Å²) in [4.78, 5) is 12.1. The van der Waals surface area contributed by atoms with Crippen LogP contribution in [0.1, 0.15) is 124 Å². The smallest absolute Gasteiger partial charge is 0.247 e. The van der Waals surface area contributed by atoms with Crippen molar-refractivity contribution >= 4 is 5.97 Å². The molecule has 1 radical (unpaired) electrons. The third-order valence-corrected chi connectivity index (χ3v) is 5.86. The largest absolute Gasteiger partial charge is 0.361 e. The number of carbonyl (C=O) groups is 1. The van der Waals surface area contributed by atoms with Crippen LogP contribution in [0, 0.1) is 11.3 Å². The predicted molar refractivity (Wildman–Crippen MR) is 104 cm³/mol. The van der Waals surface area contributed by atoms with Gasteiger partial charge in [0.2, 0.25) is 0 Å². The Morgan fingerprint density at radius 3 is 1.71 bits per heavy atom. The second kappa shape index (κ2) is 14.8. The van der Waals surface area contributed by atoms with Gasteiger partial charge in [0.1, 0.15) is 0 Å². The van der Waals surface area contributed by atoms with Gasteiger partial charge in [-0.2, -0.15) is 0 Å². The van der Waals surface area contributed by atoms with Gasteiger partial charge in [0.25, 0.3) is 0 Å². The maximum atomic E-state index is 12.1. The lowest BCUT2D eigenvalue weighted by atomic mass is 9.66. The molecule has 0 fully saturated rings. The molecule has 0 aliphatic rings. The first kappa shape index (κ1) is 23.5. The van der Waals surface area contributed by atoms with Gasteiger partial charge in [-0.1, -0.05) is 98.3 Å². The van der Waals surface area contributed by atoms with E-state index >= 15 is 0 Å². The molecular weight excluding hydrogens is 296 g/mol. The first-order valence-corrected chi connectivity index (χ1v) is 10.8. The maximum Gasteiger partial charge on any atom is 0.361 e. The van der Waals surface area contributed by atoms with Crippen LogP contribution in [0.4, 0.5) is 0 Å². The van der Waals surface area contributed by atoms with Gasteiger partial charge in [-0.25, -0.2) is 9.90 Å². The van der Waals surface area contributed by atoms with Crippen molar-refractivity contribution in [2.45, 2.75) is 124 Å². The first-order chi connectivity index (χ1) is 11.6. The molecule has 0 saturated carbocycles. The van der Waals surface area contributed by atoms with Gasteiger partial charge in [0.05, 0.1) is 5.41 Å². The molecule has 2 atom stereocenters. The summed E-state index contributed by atoms with van der Waals surface area (Å²) in [7, 11) is 0. The van der Waals surface area contributed by atoms with E-state index in [-0.39, 0.29) is 0 Å². The van der Waals surface area contributed by atoms with Crippen LogP contribution in [-0.2, 0) is 9.90 Å². The van der Waals surface area contributed by atoms with Crippen molar-refractivity contribution in [2.24, 2.45) is 11.3 Å². The minimum absolute atomic E-state index is 0.301. The number of hydrogen-bond donors (Lipinski definition) is 0. The van der Waals surface area contributed by atoms with E-state index in [1.807, 2.05) is 0 Å². The molecule has 0 aliphatic heterocycles. The van der Waals surface area contributed by atoms with Crippen molar-refractivity contribution < 1.29 is 9.90 Å². The Kier molecular flexibility index (Phi) is 14.5. The van der Waals surface area contributed by atoms with Crippen molar-refractivity contribution in [2.75, 3.05) is 0 Å². The molecular formula is C22H43O2. The zero-order valence-corrected chi connectivity index (χ0v) is 17.0. The van der Waals surface area contributed by atoms with E-state index in [0.717, 1.165) is 51.4 Å². The summed E-state index contributed by atoms with van der Waals surface area (Å²) in [5.41, 5.74) is -0.590. The second-order valence-corrected chi connectivity index (χ2v) is 7.65. The Morgan fingerprint density at radius 1 is 0.708 bits per heavy atom. The van der Waals surface area contributed by atoms with Gasteiger partial charge in [0, 0.05) is 0 Å². The Hall–Kier alpha value is -0.530. The molecule has 2 nitrogen and oxygen atoms in total. The highest BCUT2D eigenvalue weighted by Crippen LogP contribution is 2.43. The predicted octanol–water partition coefficient (Wildman–Crippen LogP) is 7.48. The lowest BCUT2D eigenvalue weighted by Crippen LogP contribution is -2.38. The lowest BCUT2D eigenvalue weighted by molar-refractivity contribution is -0.161. The Balaban J connectivity index is 4.64. The van der Waals surface area contributed by atoms with Gasteiger partial charge in [-0.3, -0.25) is 0 Å². The molecule has 0 N–H and O–H groups in total. The summed E-state index contributed by atoms with van der Waals surface area (Å²) < 4.78 is 0. The highest BCUT2D eigenvalue weighted by Gasteiger charge is 2.44. The Bertz CT molecular complexity index is 300. The number of unbranched alkanes of at least 4 members (excludes halogenated alkanes) is 8. The van der Waals surface area contributed by atoms with Crippen LogP contribution in [0.5, 0.6) is 0 Å². The fourth-order valence-corrected chi connectivity index (χ4v) is 4.07. The van der Waals surface area contributed by atoms with E-state index in [9.17, 15) is 9.90 Å². The molecule has 0 saturated heterocycles. The summed E-state index contributed by atoms with van der Waals surface area (Å²) in [5, 5.41) is 12.1. The highest BCUT2D eigenvalue weighted by molar-refractivity contribution is 5.74. The summed E-state index contributed by atoms with van der Waals surface area (Å²) in [6.45, 7) is 8.64. The van der Waals surface area contributed by atoms with Crippen molar-refractivity contribution in [3.63, 3.8) is 0 Å². The van der Waals surface area contributed by atoms with E-state index in [0.29, 0.717) is 5.92 Å². The number of rotatable bonds is 17. The van der Waals surface area contributed by atoms with E-state index in [2.05, 4.69) is 27.7 Å². The van der Waals surface area contributed by atoms with E-state index in [1.54, 1.807) is 0 Å². The molecule has 0 bridgehead atoms. The monoisotopic (exact) mass is 339 g/mol. The fraction of sp³-hybridized carbons (Fsp3) is 0.955. The van der Waals surface area contributed by atoms with Crippen molar-refractivity contribution in [3.8, 4) is 0 Å². The average molecular weight is 340 g/mol. The van der Waals surface area contributed by atoms with Gasteiger partial charge in [-0.05, 0) is 31.6 Å². The standard InChI is InChI=1S/C22H43O2/c1-5-9-12-13-14-15-16-18-20(17-10-6-2)22(8-4,21(23)24)19-11-7-3/h20H,5-19H2,1-4H3. The molecule has 0 aromatic rings. The lowest BCUT2D eigenvalue weighted by Gasteiger charge is -2.36. The first-order valence-electron chi connectivity index (χ1n) is 10.8. The molecule has 2 heteroatoms. The highest BCUT2D eigenvalue weighted by atomic mass is 16.4. The third-order valence-electron chi connectivity index (χ3n) is 5.86. The van der Waals surface area contributed by atoms with E-state index in [4.69, 9.17) is 0 Å². The molecule has 0 rings (SSSR count). The van der Waals surface area contributed by atoms with Crippen LogP contribution >= 0.6 is 0 Å². The minimum atomic E-state index is -0.789. The van der Waals surface area contributed by atoms with Crippen molar-refractivity contribution in [3.05, 3.63) is 0 Å². The second-order valence-electron chi connectivity index (χ2n) is 7.65. The van der Waals surface area contributed by atoms with Crippen LogP contribution in [-0.4, -0.2) is 5.97 Å². The molecule has 0 aliphatic carbocycles. The molecule has 2 unspecified atom stereocenters. The summed E-state index contributed by atoms with van der Waals surface area (Å²) in [6.07, 6.45) is 17.1. The zero-order valence-electron chi connectivity index (χ0n) is 17.0. The minimum Gasteiger partial charge on any atom is -0.247 e.